The van der Waals surface area contributed by atoms with Crippen molar-refractivity contribution in [3.63, 3.8) is 0 Å². The van der Waals surface area contributed by atoms with E-state index >= 15 is 0 Å². The number of carboxylic acids is 1. The predicted octanol–water partition coefficient (Wildman–Crippen LogP) is 0.354. The second-order valence-electron chi connectivity index (χ2n) is 5.46. The zero-order chi connectivity index (χ0) is 14.1. The van der Waals surface area contributed by atoms with Crippen LogP contribution >= 0.6 is 0 Å². The molecule has 0 aromatic carbocycles. The lowest BCUT2D eigenvalue weighted by atomic mass is 10.0. The van der Waals surface area contributed by atoms with Gasteiger partial charge in [0.25, 0.3) is 0 Å². The number of rotatable bonds is 2. The molecule has 0 spiro atoms. The van der Waals surface area contributed by atoms with Gasteiger partial charge in [-0.2, -0.15) is 0 Å². The Labute approximate surface area is 105 Å². The van der Waals surface area contributed by atoms with E-state index in [1.807, 2.05) is 20.8 Å². The number of likely N-dealkylation sites (tertiary alicyclic amines) is 1. The summed E-state index contributed by atoms with van der Waals surface area (Å²) in [6.45, 7) is 5.35. The number of hydrogen-bond donors (Lipinski definition) is 3. The third kappa shape index (κ3) is 3.35. The molecule has 1 aliphatic rings. The summed E-state index contributed by atoms with van der Waals surface area (Å²) in [4.78, 5) is 34.5. The van der Waals surface area contributed by atoms with Crippen LogP contribution in [0.3, 0.4) is 0 Å². The molecule has 7 heteroatoms. The number of aliphatic carboxylic acids is 1. The van der Waals surface area contributed by atoms with E-state index in [0.29, 0.717) is 0 Å². The van der Waals surface area contributed by atoms with Gasteiger partial charge in [0, 0.05) is 12.1 Å². The highest BCUT2D eigenvalue weighted by Gasteiger charge is 2.43. The van der Waals surface area contributed by atoms with E-state index in [0.717, 1.165) is 4.90 Å². The smallest absolute Gasteiger partial charge is 0.408 e. The molecule has 7 nitrogen and oxygen atoms in total. The molecular weight excluding hydrogens is 240 g/mol. The molecule has 18 heavy (non-hydrogen) atoms. The number of nitrogens with one attached hydrogen (secondary N) is 1. The van der Waals surface area contributed by atoms with E-state index in [9.17, 15) is 14.4 Å². The molecule has 0 saturated carbocycles. The van der Waals surface area contributed by atoms with Crippen molar-refractivity contribution in [2.75, 3.05) is 6.54 Å². The van der Waals surface area contributed by atoms with Crippen molar-refractivity contribution in [1.82, 2.24) is 10.2 Å². The second kappa shape index (κ2) is 4.83. The van der Waals surface area contributed by atoms with E-state index in [2.05, 4.69) is 5.32 Å². The molecule has 1 heterocycles. The lowest BCUT2D eigenvalue weighted by molar-refractivity contribution is -0.141. The van der Waals surface area contributed by atoms with Crippen molar-refractivity contribution < 1.29 is 24.6 Å². The van der Waals surface area contributed by atoms with Gasteiger partial charge in [0.15, 0.2) is 0 Å². The number of carbonyl (C=O) groups excluding carboxylic acids is 1. The standard InChI is InChI=1S/C11H18N2O5/c1-11(2,3)12-8(14)6-4-7(9(15)16)13(5-6)10(17)18/h6-7H,4-5H2,1-3H3,(H,12,14)(H,15,16)(H,17,18). The van der Waals surface area contributed by atoms with Crippen LogP contribution in [0.15, 0.2) is 0 Å². The van der Waals surface area contributed by atoms with Crippen LogP contribution in [-0.4, -0.2) is 51.2 Å². The summed E-state index contributed by atoms with van der Waals surface area (Å²) in [6.07, 6.45) is -1.29. The molecule has 1 rings (SSSR count). The van der Waals surface area contributed by atoms with E-state index in [1.165, 1.54) is 0 Å². The Balaban J connectivity index is 2.75. The lowest BCUT2D eigenvalue weighted by Crippen LogP contribution is -2.44. The average Bonchev–Trinajstić information content (AvgIpc) is 2.58. The van der Waals surface area contributed by atoms with Gasteiger partial charge in [-0.05, 0) is 27.2 Å². The summed E-state index contributed by atoms with van der Waals surface area (Å²) in [7, 11) is 0. The van der Waals surface area contributed by atoms with Crippen LogP contribution in [0.4, 0.5) is 4.79 Å². The summed E-state index contributed by atoms with van der Waals surface area (Å²) in [5.41, 5.74) is -0.424. The zero-order valence-electron chi connectivity index (χ0n) is 10.6. The van der Waals surface area contributed by atoms with Crippen LogP contribution in [0.1, 0.15) is 27.2 Å². The quantitative estimate of drug-likeness (QED) is 0.662. The maximum atomic E-state index is 11.9. The monoisotopic (exact) mass is 258 g/mol. The van der Waals surface area contributed by atoms with Gasteiger partial charge in [0.2, 0.25) is 5.91 Å². The minimum absolute atomic E-state index is 0.0174. The molecule has 2 amide bonds. The maximum Gasteiger partial charge on any atom is 0.408 e. The normalized spacial score (nSPS) is 23.8. The molecule has 2 atom stereocenters. The highest BCUT2D eigenvalue weighted by Crippen LogP contribution is 2.24. The third-order valence-corrected chi connectivity index (χ3v) is 2.70. The number of nitrogens with zero attached hydrogens (tertiary/aromatic N) is 1. The van der Waals surface area contributed by atoms with Gasteiger partial charge in [-0.3, -0.25) is 9.69 Å². The summed E-state index contributed by atoms with van der Waals surface area (Å²) in [5, 5.41) is 20.6. The van der Waals surface area contributed by atoms with Crippen LogP contribution in [0, 0.1) is 5.92 Å². The number of carboxylic acid groups (broad SMARTS) is 2. The molecule has 0 aromatic heterocycles. The summed E-state index contributed by atoms with van der Waals surface area (Å²) >= 11 is 0. The van der Waals surface area contributed by atoms with Crippen molar-refractivity contribution in [2.45, 2.75) is 38.8 Å². The van der Waals surface area contributed by atoms with Gasteiger partial charge < -0.3 is 15.5 Å². The largest absolute Gasteiger partial charge is 0.480 e. The predicted molar refractivity (Wildman–Crippen MR) is 62.2 cm³/mol. The van der Waals surface area contributed by atoms with Gasteiger partial charge in [-0.25, -0.2) is 9.59 Å². The van der Waals surface area contributed by atoms with Crippen molar-refractivity contribution in [3.05, 3.63) is 0 Å². The molecule has 0 aliphatic carbocycles. The third-order valence-electron chi connectivity index (χ3n) is 2.70. The molecule has 1 saturated heterocycles. The minimum Gasteiger partial charge on any atom is -0.480 e. The fourth-order valence-corrected chi connectivity index (χ4v) is 1.94. The number of carbonyl (C=O) groups is 3. The molecule has 3 N–H and O–H groups in total. The molecular formula is C11H18N2O5. The first-order valence-electron chi connectivity index (χ1n) is 5.66. The van der Waals surface area contributed by atoms with E-state index < -0.39 is 29.6 Å². The first-order valence-corrected chi connectivity index (χ1v) is 5.66. The SMILES string of the molecule is CC(C)(C)NC(=O)C1CC(C(=O)O)N(C(=O)O)C1. The Morgan fingerprint density at radius 3 is 2.11 bits per heavy atom. The Bertz CT molecular complexity index is 352. The van der Waals surface area contributed by atoms with Crippen LogP contribution in [0.2, 0.25) is 0 Å². The fourth-order valence-electron chi connectivity index (χ4n) is 1.94. The van der Waals surface area contributed by atoms with Crippen LogP contribution < -0.4 is 5.32 Å². The molecule has 0 radical (unpaired) electrons. The topological polar surface area (TPSA) is 107 Å². The summed E-state index contributed by atoms with van der Waals surface area (Å²) in [6, 6.07) is -1.14. The maximum absolute atomic E-state index is 11.9. The average molecular weight is 258 g/mol. The summed E-state index contributed by atoms with van der Waals surface area (Å²) < 4.78 is 0. The fraction of sp³-hybridized carbons (Fsp3) is 0.727. The van der Waals surface area contributed by atoms with Crippen LogP contribution in [-0.2, 0) is 9.59 Å². The van der Waals surface area contributed by atoms with Crippen LogP contribution in [0.25, 0.3) is 0 Å². The van der Waals surface area contributed by atoms with Crippen molar-refractivity contribution in [1.29, 1.82) is 0 Å². The molecule has 2 unspecified atom stereocenters. The van der Waals surface area contributed by atoms with E-state index in [1.54, 1.807) is 0 Å². The van der Waals surface area contributed by atoms with Gasteiger partial charge in [-0.1, -0.05) is 0 Å². The highest BCUT2D eigenvalue weighted by atomic mass is 16.4. The Morgan fingerprint density at radius 1 is 1.22 bits per heavy atom. The van der Waals surface area contributed by atoms with E-state index in [4.69, 9.17) is 10.2 Å². The van der Waals surface area contributed by atoms with Gasteiger partial charge in [0.1, 0.15) is 6.04 Å². The number of hydrogen-bond acceptors (Lipinski definition) is 3. The minimum atomic E-state index is -1.31. The van der Waals surface area contributed by atoms with Crippen LogP contribution in [0.5, 0.6) is 0 Å². The molecule has 1 fully saturated rings. The van der Waals surface area contributed by atoms with Gasteiger partial charge in [0.05, 0.1) is 5.92 Å². The first kappa shape index (κ1) is 14.3. The lowest BCUT2D eigenvalue weighted by Gasteiger charge is -2.22. The number of amides is 2. The van der Waals surface area contributed by atoms with Gasteiger partial charge in [-0.15, -0.1) is 0 Å². The van der Waals surface area contributed by atoms with E-state index in [-0.39, 0.29) is 18.9 Å². The molecule has 1 aliphatic heterocycles. The van der Waals surface area contributed by atoms with Crippen molar-refractivity contribution in [3.8, 4) is 0 Å². The molecule has 0 bridgehead atoms. The Hall–Kier alpha value is -1.79. The molecule has 102 valence electrons. The van der Waals surface area contributed by atoms with Crippen molar-refractivity contribution >= 4 is 18.0 Å². The zero-order valence-corrected chi connectivity index (χ0v) is 10.6. The molecule has 0 aromatic rings. The summed E-state index contributed by atoms with van der Waals surface area (Å²) in [5.74, 6) is -2.14. The Morgan fingerprint density at radius 2 is 1.78 bits per heavy atom. The Kier molecular flexibility index (Phi) is 3.83. The van der Waals surface area contributed by atoms with Crippen molar-refractivity contribution in [2.24, 2.45) is 5.92 Å². The highest BCUT2D eigenvalue weighted by molar-refractivity contribution is 5.85. The first-order chi connectivity index (χ1) is 8.11. The van der Waals surface area contributed by atoms with Gasteiger partial charge >= 0.3 is 12.1 Å². The second-order valence-corrected chi connectivity index (χ2v) is 5.46.